The first kappa shape index (κ1) is 8.55. The molecule has 0 spiro atoms. The Labute approximate surface area is 79.7 Å². The summed E-state index contributed by atoms with van der Waals surface area (Å²) in [5, 5.41) is 13.3. The Balaban J connectivity index is 2.91. The van der Waals surface area contributed by atoms with Gasteiger partial charge in [-0.15, -0.1) is 0 Å². The normalized spacial score (nSPS) is 10.6. The number of para-hydroxylation sites is 1. The molecular formula is C9H9N3O2. The fourth-order valence-electron chi connectivity index (χ4n) is 1.53. The molecule has 0 atom stereocenters. The van der Waals surface area contributed by atoms with E-state index in [-0.39, 0.29) is 5.69 Å². The number of anilines is 1. The highest BCUT2D eigenvalue weighted by molar-refractivity contribution is 6.04. The molecule has 0 radical (unpaired) electrons. The van der Waals surface area contributed by atoms with Crippen LogP contribution >= 0.6 is 0 Å². The van der Waals surface area contributed by atoms with E-state index in [9.17, 15) is 4.79 Å². The van der Waals surface area contributed by atoms with Crippen LogP contribution in [0, 0.1) is 0 Å². The quantitative estimate of drug-likeness (QED) is 0.655. The third-order valence-corrected chi connectivity index (χ3v) is 2.10. The minimum Gasteiger partial charge on any atom is -0.476 e. The topological polar surface area (TPSA) is 81.1 Å². The number of fused-ring (bicyclic) bond motifs is 1. The van der Waals surface area contributed by atoms with Crippen molar-refractivity contribution in [3.63, 3.8) is 0 Å². The Kier molecular flexibility index (Phi) is 1.67. The fourth-order valence-corrected chi connectivity index (χ4v) is 1.53. The van der Waals surface area contributed by atoms with Gasteiger partial charge in [0.15, 0.2) is 5.69 Å². The Morgan fingerprint density at radius 1 is 1.57 bits per heavy atom. The van der Waals surface area contributed by atoms with E-state index in [1.807, 2.05) is 0 Å². The molecule has 0 unspecified atom stereocenters. The Morgan fingerprint density at radius 2 is 2.29 bits per heavy atom. The fraction of sp³-hybridized carbons (Fsp3) is 0.111. The van der Waals surface area contributed by atoms with Gasteiger partial charge in [-0.3, -0.25) is 4.68 Å². The van der Waals surface area contributed by atoms with E-state index < -0.39 is 5.97 Å². The number of benzene rings is 1. The van der Waals surface area contributed by atoms with Crippen molar-refractivity contribution in [3.05, 3.63) is 23.9 Å². The molecule has 5 heteroatoms. The predicted octanol–water partition coefficient (Wildman–Crippen LogP) is 0.854. The van der Waals surface area contributed by atoms with Crippen LogP contribution < -0.4 is 5.73 Å². The summed E-state index contributed by atoms with van der Waals surface area (Å²) < 4.78 is 1.48. The summed E-state index contributed by atoms with van der Waals surface area (Å²) in [6, 6.07) is 5.13. The van der Waals surface area contributed by atoms with Crippen LogP contribution in [-0.2, 0) is 7.05 Å². The molecule has 3 N–H and O–H groups in total. The van der Waals surface area contributed by atoms with Crippen LogP contribution in [0.1, 0.15) is 10.5 Å². The molecule has 1 aromatic carbocycles. The number of carboxylic acids is 1. The maximum Gasteiger partial charge on any atom is 0.357 e. The molecule has 2 rings (SSSR count). The molecule has 2 aromatic rings. The Hall–Kier alpha value is -2.04. The molecule has 0 saturated carbocycles. The Morgan fingerprint density at radius 3 is 2.93 bits per heavy atom. The summed E-state index contributed by atoms with van der Waals surface area (Å²) in [4.78, 5) is 10.8. The zero-order chi connectivity index (χ0) is 10.3. The largest absolute Gasteiger partial charge is 0.476 e. The van der Waals surface area contributed by atoms with Crippen molar-refractivity contribution in [2.24, 2.45) is 7.05 Å². The van der Waals surface area contributed by atoms with E-state index in [0.717, 1.165) is 0 Å². The molecule has 0 saturated heterocycles. The van der Waals surface area contributed by atoms with Gasteiger partial charge in [0, 0.05) is 12.4 Å². The van der Waals surface area contributed by atoms with E-state index in [4.69, 9.17) is 10.8 Å². The van der Waals surface area contributed by atoms with Crippen molar-refractivity contribution in [1.29, 1.82) is 0 Å². The van der Waals surface area contributed by atoms with Crippen LogP contribution in [0.5, 0.6) is 0 Å². The van der Waals surface area contributed by atoms with Crippen LogP contribution in [0.4, 0.5) is 5.69 Å². The zero-order valence-corrected chi connectivity index (χ0v) is 7.56. The summed E-state index contributed by atoms with van der Waals surface area (Å²) >= 11 is 0. The predicted molar refractivity (Wildman–Crippen MR) is 52.1 cm³/mol. The summed E-state index contributed by atoms with van der Waals surface area (Å²) in [5.74, 6) is -1.04. The molecule has 1 heterocycles. The number of aryl methyl sites for hydroxylation is 1. The molecular weight excluding hydrogens is 182 g/mol. The number of hydrogen-bond donors (Lipinski definition) is 2. The van der Waals surface area contributed by atoms with Gasteiger partial charge in [-0.2, -0.15) is 5.10 Å². The van der Waals surface area contributed by atoms with Gasteiger partial charge in [-0.05, 0) is 6.07 Å². The number of nitrogens with zero attached hydrogens (tertiary/aromatic N) is 2. The van der Waals surface area contributed by atoms with Crippen LogP contribution in [0.2, 0.25) is 0 Å². The maximum atomic E-state index is 10.8. The first-order valence-electron chi connectivity index (χ1n) is 4.05. The van der Waals surface area contributed by atoms with Crippen molar-refractivity contribution in [2.75, 3.05) is 5.73 Å². The second-order valence-electron chi connectivity index (χ2n) is 3.02. The number of aromatic carboxylic acids is 1. The van der Waals surface area contributed by atoms with Gasteiger partial charge < -0.3 is 10.8 Å². The lowest BCUT2D eigenvalue weighted by Crippen LogP contribution is -1.99. The van der Waals surface area contributed by atoms with Gasteiger partial charge in [0.25, 0.3) is 0 Å². The zero-order valence-electron chi connectivity index (χ0n) is 7.56. The number of aromatic nitrogens is 2. The van der Waals surface area contributed by atoms with E-state index in [1.54, 1.807) is 25.2 Å². The van der Waals surface area contributed by atoms with E-state index in [2.05, 4.69) is 5.10 Å². The summed E-state index contributed by atoms with van der Waals surface area (Å²) in [5.41, 5.74) is 6.94. The third-order valence-electron chi connectivity index (χ3n) is 2.10. The van der Waals surface area contributed by atoms with Crippen molar-refractivity contribution < 1.29 is 9.90 Å². The Bertz CT molecular complexity index is 516. The summed E-state index contributed by atoms with van der Waals surface area (Å²) in [6.07, 6.45) is 0. The second kappa shape index (κ2) is 2.73. The molecule has 0 aliphatic carbocycles. The molecule has 0 amide bonds. The number of carboxylic acid groups (broad SMARTS) is 1. The molecule has 0 fully saturated rings. The average Bonchev–Trinajstić information content (AvgIpc) is 2.45. The number of nitrogen functional groups attached to an aromatic ring is 1. The van der Waals surface area contributed by atoms with Crippen molar-refractivity contribution in [2.45, 2.75) is 0 Å². The van der Waals surface area contributed by atoms with E-state index >= 15 is 0 Å². The summed E-state index contributed by atoms with van der Waals surface area (Å²) in [7, 11) is 1.67. The highest BCUT2D eigenvalue weighted by atomic mass is 16.4. The first-order chi connectivity index (χ1) is 6.61. The van der Waals surface area contributed by atoms with Crippen LogP contribution in [0.25, 0.3) is 10.9 Å². The van der Waals surface area contributed by atoms with Crippen molar-refractivity contribution >= 4 is 22.6 Å². The maximum absolute atomic E-state index is 10.8. The highest BCUT2D eigenvalue weighted by Gasteiger charge is 2.15. The van der Waals surface area contributed by atoms with Gasteiger partial charge in [0.05, 0.1) is 11.2 Å². The number of carbonyl (C=O) groups is 1. The lowest BCUT2D eigenvalue weighted by molar-refractivity contribution is 0.0691. The molecule has 0 bridgehead atoms. The lowest BCUT2D eigenvalue weighted by atomic mass is 10.2. The van der Waals surface area contributed by atoms with Crippen LogP contribution in [0.3, 0.4) is 0 Å². The minimum absolute atomic E-state index is 0.0369. The summed E-state index contributed by atoms with van der Waals surface area (Å²) in [6.45, 7) is 0. The van der Waals surface area contributed by atoms with Gasteiger partial charge in [-0.25, -0.2) is 4.79 Å². The second-order valence-corrected chi connectivity index (χ2v) is 3.02. The molecule has 72 valence electrons. The van der Waals surface area contributed by atoms with Crippen molar-refractivity contribution in [3.8, 4) is 0 Å². The SMILES string of the molecule is Cn1nc(C(=O)O)c2cccc(N)c21. The van der Waals surface area contributed by atoms with Gasteiger partial charge in [0.2, 0.25) is 0 Å². The number of nitrogens with two attached hydrogens (primary N) is 1. The average molecular weight is 191 g/mol. The number of rotatable bonds is 1. The molecule has 5 nitrogen and oxygen atoms in total. The smallest absolute Gasteiger partial charge is 0.357 e. The van der Waals surface area contributed by atoms with Gasteiger partial charge in [0.1, 0.15) is 0 Å². The van der Waals surface area contributed by atoms with Crippen molar-refractivity contribution in [1.82, 2.24) is 9.78 Å². The lowest BCUT2D eigenvalue weighted by Gasteiger charge is -1.97. The molecule has 0 aliphatic heterocycles. The first-order valence-corrected chi connectivity index (χ1v) is 4.05. The van der Waals surface area contributed by atoms with Crippen LogP contribution in [0.15, 0.2) is 18.2 Å². The van der Waals surface area contributed by atoms with E-state index in [1.165, 1.54) is 4.68 Å². The standard InChI is InChI=1S/C9H9N3O2/c1-12-8-5(3-2-4-6(8)10)7(11-12)9(13)14/h2-4H,10H2,1H3,(H,13,14). The monoisotopic (exact) mass is 191 g/mol. The van der Waals surface area contributed by atoms with Gasteiger partial charge in [-0.1, -0.05) is 12.1 Å². The molecule has 1 aromatic heterocycles. The third kappa shape index (κ3) is 1.02. The minimum atomic E-state index is -1.04. The highest BCUT2D eigenvalue weighted by Crippen LogP contribution is 2.23. The van der Waals surface area contributed by atoms with E-state index in [0.29, 0.717) is 16.6 Å². The van der Waals surface area contributed by atoms with Gasteiger partial charge >= 0.3 is 5.97 Å². The van der Waals surface area contributed by atoms with Crippen LogP contribution in [-0.4, -0.2) is 20.9 Å². The molecule has 0 aliphatic rings. The number of hydrogen-bond acceptors (Lipinski definition) is 3. The molecule has 14 heavy (non-hydrogen) atoms.